The molecule has 0 rings (SSSR count). The summed E-state index contributed by atoms with van der Waals surface area (Å²) in [7, 11) is 0. The van der Waals surface area contributed by atoms with Gasteiger partial charge in [-0.1, -0.05) is 201 Å². The highest BCUT2D eigenvalue weighted by Crippen LogP contribution is 2.17. The molecular weight excluding hydrogens is 584 g/mol. The van der Waals surface area contributed by atoms with Crippen molar-refractivity contribution in [3.05, 3.63) is 0 Å². The van der Waals surface area contributed by atoms with Crippen LogP contribution in [0.15, 0.2) is 0 Å². The Kier molecular flexibility index (Phi) is 35.3. The molecule has 0 heterocycles. The molecule has 1 N–H and O–H groups in total. The van der Waals surface area contributed by atoms with E-state index in [4.69, 9.17) is 9.47 Å². The third-order valence-corrected chi connectivity index (χ3v) is 9.87. The maximum Gasteiger partial charge on any atom is 0.306 e. The van der Waals surface area contributed by atoms with E-state index in [1.165, 1.54) is 154 Å². The van der Waals surface area contributed by atoms with Gasteiger partial charge in [-0.3, -0.25) is 9.59 Å². The van der Waals surface area contributed by atoms with Crippen molar-refractivity contribution in [3.8, 4) is 0 Å². The fraction of sp³-hybridized carbons (Fsp3) is 0.952. The van der Waals surface area contributed by atoms with Crippen LogP contribution in [0.3, 0.4) is 0 Å². The highest BCUT2D eigenvalue weighted by Gasteiger charge is 2.16. The molecule has 0 aromatic heterocycles. The van der Waals surface area contributed by atoms with Gasteiger partial charge >= 0.3 is 11.9 Å². The van der Waals surface area contributed by atoms with Gasteiger partial charge in [-0.25, -0.2) is 0 Å². The lowest BCUT2D eigenvalue weighted by atomic mass is 9.99. The third kappa shape index (κ3) is 36.0. The molecule has 0 aromatic carbocycles. The normalized spacial score (nSPS) is 12.8. The molecule has 280 valence electrons. The van der Waals surface area contributed by atoms with E-state index in [1.807, 2.05) is 0 Å². The Morgan fingerprint density at radius 3 is 1.19 bits per heavy atom. The molecule has 0 saturated heterocycles. The molecule has 5 heteroatoms. The summed E-state index contributed by atoms with van der Waals surface area (Å²) >= 11 is 0. The summed E-state index contributed by atoms with van der Waals surface area (Å²) in [5.74, 6) is 1.17. The predicted octanol–water partition coefficient (Wildman–Crippen LogP) is 12.8. The first kappa shape index (κ1) is 45.9. The summed E-state index contributed by atoms with van der Waals surface area (Å²) in [4.78, 5) is 24.3. The molecule has 0 aliphatic carbocycles. The lowest BCUT2D eigenvalue weighted by molar-refractivity contribution is -0.161. The van der Waals surface area contributed by atoms with E-state index in [9.17, 15) is 14.7 Å². The van der Waals surface area contributed by atoms with Gasteiger partial charge in [0.25, 0.3) is 0 Å². The van der Waals surface area contributed by atoms with Crippen LogP contribution >= 0.6 is 0 Å². The van der Waals surface area contributed by atoms with Crippen LogP contribution in [-0.2, 0) is 19.1 Å². The second-order valence-corrected chi connectivity index (χ2v) is 15.2. The second kappa shape index (κ2) is 36.2. The summed E-state index contributed by atoms with van der Waals surface area (Å²) in [5.41, 5.74) is 0. The number of rotatable bonds is 37. The van der Waals surface area contributed by atoms with Crippen molar-refractivity contribution in [2.75, 3.05) is 13.2 Å². The van der Waals surface area contributed by atoms with Gasteiger partial charge in [0.05, 0.1) is 6.61 Å². The SMILES string of the molecule is CCC(C)CCCCCCCCCCCCCCCCC(=O)O[C@@H](CO)COC(=O)CCCCCCCCCCCCCCC(C)C. The maximum atomic E-state index is 12.2. The van der Waals surface area contributed by atoms with E-state index < -0.39 is 6.10 Å². The minimum absolute atomic E-state index is 0.0583. The maximum absolute atomic E-state index is 12.2. The van der Waals surface area contributed by atoms with Crippen LogP contribution < -0.4 is 0 Å². The van der Waals surface area contributed by atoms with Gasteiger partial charge in [0.2, 0.25) is 0 Å². The number of hydrogen-bond donors (Lipinski definition) is 1. The van der Waals surface area contributed by atoms with Crippen LogP contribution in [0.5, 0.6) is 0 Å². The predicted molar refractivity (Wildman–Crippen MR) is 201 cm³/mol. The smallest absolute Gasteiger partial charge is 0.306 e. The van der Waals surface area contributed by atoms with Crippen molar-refractivity contribution in [3.63, 3.8) is 0 Å². The lowest BCUT2D eigenvalue weighted by Crippen LogP contribution is -2.28. The molecule has 0 aromatic rings. The van der Waals surface area contributed by atoms with Crippen molar-refractivity contribution in [2.45, 2.75) is 233 Å². The average molecular weight is 667 g/mol. The van der Waals surface area contributed by atoms with Crippen LogP contribution in [0.1, 0.15) is 227 Å². The Labute approximate surface area is 293 Å². The van der Waals surface area contributed by atoms with Crippen molar-refractivity contribution >= 4 is 11.9 Å². The third-order valence-electron chi connectivity index (χ3n) is 9.87. The fourth-order valence-corrected chi connectivity index (χ4v) is 6.30. The second-order valence-electron chi connectivity index (χ2n) is 15.2. The summed E-state index contributed by atoms with van der Waals surface area (Å²) in [6, 6.07) is 0. The van der Waals surface area contributed by atoms with E-state index in [2.05, 4.69) is 27.7 Å². The highest BCUT2D eigenvalue weighted by atomic mass is 16.6. The quantitative estimate of drug-likeness (QED) is 0.0527. The number of esters is 2. The largest absolute Gasteiger partial charge is 0.462 e. The van der Waals surface area contributed by atoms with Crippen LogP contribution in [-0.4, -0.2) is 36.4 Å². The van der Waals surface area contributed by atoms with Crippen molar-refractivity contribution in [1.29, 1.82) is 0 Å². The summed E-state index contributed by atoms with van der Waals surface area (Å²) in [6.45, 7) is 8.90. The minimum Gasteiger partial charge on any atom is -0.462 e. The van der Waals surface area contributed by atoms with Gasteiger partial charge in [-0.2, -0.15) is 0 Å². The van der Waals surface area contributed by atoms with Crippen molar-refractivity contribution < 1.29 is 24.2 Å². The molecule has 0 spiro atoms. The number of aliphatic hydroxyl groups excluding tert-OH is 1. The first-order valence-electron chi connectivity index (χ1n) is 20.8. The molecule has 0 aliphatic heterocycles. The van der Waals surface area contributed by atoms with Crippen LogP contribution in [0.25, 0.3) is 0 Å². The molecular formula is C42H82O5. The van der Waals surface area contributed by atoms with E-state index in [0.717, 1.165) is 43.9 Å². The van der Waals surface area contributed by atoms with Gasteiger partial charge in [-0.15, -0.1) is 0 Å². The molecule has 5 nitrogen and oxygen atoms in total. The molecule has 47 heavy (non-hydrogen) atoms. The Balaban J connectivity index is 3.49. The Morgan fingerprint density at radius 1 is 0.489 bits per heavy atom. The summed E-state index contributed by atoms with van der Waals surface area (Å²) < 4.78 is 10.6. The Morgan fingerprint density at radius 2 is 0.830 bits per heavy atom. The molecule has 0 fully saturated rings. The van der Waals surface area contributed by atoms with Gasteiger partial charge in [0, 0.05) is 12.8 Å². The average Bonchev–Trinajstić information content (AvgIpc) is 3.06. The number of ether oxygens (including phenoxy) is 2. The molecule has 0 bridgehead atoms. The Bertz CT molecular complexity index is 663. The van der Waals surface area contributed by atoms with Crippen LogP contribution in [0.4, 0.5) is 0 Å². The number of carbonyl (C=O) groups excluding carboxylic acids is 2. The van der Waals surface area contributed by atoms with Crippen LogP contribution in [0, 0.1) is 11.8 Å². The molecule has 2 atom stereocenters. The van der Waals surface area contributed by atoms with Gasteiger partial charge in [-0.05, 0) is 24.7 Å². The zero-order valence-corrected chi connectivity index (χ0v) is 32.1. The number of carbonyl (C=O) groups is 2. The highest BCUT2D eigenvalue weighted by molar-refractivity contribution is 5.70. The molecule has 0 amide bonds. The molecule has 0 radical (unpaired) electrons. The van der Waals surface area contributed by atoms with Gasteiger partial charge in [0.15, 0.2) is 6.10 Å². The molecule has 0 saturated carbocycles. The molecule has 0 aliphatic rings. The lowest BCUT2D eigenvalue weighted by Gasteiger charge is -2.15. The number of hydrogen-bond acceptors (Lipinski definition) is 5. The number of unbranched alkanes of at least 4 members (excludes halogenated alkanes) is 24. The topological polar surface area (TPSA) is 72.8 Å². The standard InChI is InChI=1S/C42H82O5/c1-5-39(4)33-29-25-21-17-13-8-6-7-9-15-19-23-27-31-35-42(45)47-40(36-43)37-46-41(44)34-30-26-22-18-14-11-10-12-16-20-24-28-32-38(2)3/h38-40,43H,5-37H2,1-4H3/t39?,40-/m0/s1. The van der Waals surface area contributed by atoms with E-state index >= 15 is 0 Å². The first-order chi connectivity index (χ1) is 22.9. The van der Waals surface area contributed by atoms with Crippen molar-refractivity contribution in [1.82, 2.24) is 0 Å². The molecule has 1 unspecified atom stereocenters. The van der Waals surface area contributed by atoms with E-state index in [0.29, 0.717) is 12.8 Å². The Hall–Kier alpha value is -1.10. The van der Waals surface area contributed by atoms with Gasteiger partial charge < -0.3 is 14.6 Å². The van der Waals surface area contributed by atoms with E-state index in [-0.39, 0.29) is 25.2 Å². The first-order valence-corrected chi connectivity index (χ1v) is 20.8. The monoisotopic (exact) mass is 667 g/mol. The summed E-state index contributed by atoms with van der Waals surface area (Å²) in [5, 5.41) is 9.56. The minimum atomic E-state index is -0.763. The van der Waals surface area contributed by atoms with E-state index in [1.54, 1.807) is 0 Å². The zero-order chi connectivity index (χ0) is 34.6. The summed E-state index contributed by atoms with van der Waals surface area (Å²) in [6.07, 6.45) is 37.3. The zero-order valence-electron chi connectivity index (χ0n) is 32.1. The van der Waals surface area contributed by atoms with Crippen LogP contribution in [0.2, 0.25) is 0 Å². The van der Waals surface area contributed by atoms with Gasteiger partial charge in [0.1, 0.15) is 6.61 Å². The van der Waals surface area contributed by atoms with Crippen molar-refractivity contribution in [2.24, 2.45) is 11.8 Å². The fourth-order valence-electron chi connectivity index (χ4n) is 6.30. The number of aliphatic hydroxyl groups is 1.